The maximum Gasteiger partial charge on any atom is 0.253 e. The van der Waals surface area contributed by atoms with Gasteiger partial charge in [-0.15, -0.1) is 12.4 Å². The van der Waals surface area contributed by atoms with E-state index in [1.54, 1.807) is 21.9 Å². The zero-order valence-electron chi connectivity index (χ0n) is 10.6. The first-order valence-electron chi connectivity index (χ1n) is 6.04. The molecule has 0 bridgehead atoms. The Labute approximate surface area is 118 Å². The minimum Gasteiger partial charge on any atom is -0.338 e. The van der Waals surface area contributed by atoms with E-state index in [0.717, 1.165) is 0 Å². The zero-order valence-corrected chi connectivity index (χ0v) is 11.4. The molecule has 0 atom stereocenters. The quantitative estimate of drug-likeness (QED) is 0.852. The first-order valence-corrected chi connectivity index (χ1v) is 6.04. The van der Waals surface area contributed by atoms with Gasteiger partial charge < -0.3 is 15.5 Å². The third kappa shape index (κ3) is 3.68. The molecule has 1 aromatic carbocycles. The van der Waals surface area contributed by atoms with Crippen LogP contribution >= 0.6 is 12.4 Å². The van der Waals surface area contributed by atoms with Crippen LogP contribution in [0.4, 0.5) is 0 Å². The van der Waals surface area contributed by atoms with Crippen LogP contribution in [0.15, 0.2) is 30.3 Å². The molecule has 104 valence electrons. The van der Waals surface area contributed by atoms with Gasteiger partial charge in [-0.2, -0.15) is 0 Å². The molecule has 1 heterocycles. The smallest absolute Gasteiger partial charge is 0.253 e. The van der Waals surface area contributed by atoms with Crippen LogP contribution in [-0.2, 0) is 4.79 Å². The first kappa shape index (κ1) is 15.5. The minimum absolute atomic E-state index is 0. The zero-order chi connectivity index (χ0) is 13.0. The van der Waals surface area contributed by atoms with E-state index >= 15 is 0 Å². The van der Waals surface area contributed by atoms with Gasteiger partial charge in [-0.05, 0) is 12.1 Å². The number of amides is 2. The summed E-state index contributed by atoms with van der Waals surface area (Å²) < 4.78 is 0. The van der Waals surface area contributed by atoms with Crippen LogP contribution in [0.25, 0.3) is 0 Å². The molecule has 2 amide bonds. The van der Waals surface area contributed by atoms with Gasteiger partial charge in [0.1, 0.15) is 0 Å². The molecule has 6 heteroatoms. The second kappa shape index (κ2) is 7.11. The molecule has 0 aromatic heterocycles. The molecular formula is C13H18ClN3O2. The van der Waals surface area contributed by atoms with Gasteiger partial charge in [0.2, 0.25) is 5.91 Å². The van der Waals surface area contributed by atoms with E-state index in [2.05, 4.69) is 0 Å². The molecule has 1 saturated heterocycles. The highest BCUT2D eigenvalue weighted by molar-refractivity contribution is 5.94. The molecule has 1 aliphatic heterocycles. The highest BCUT2D eigenvalue weighted by Gasteiger charge is 2.23. The second-order valence-electron chi connectivity index (χ2n) is 4.24. The van der Waals surface area contributed by atoms with E-state index in [0.29, 0.717) is 31.7 Å². The molecule has 0 aliphatic carbocycles. The van der Waals surface area contributed by atoms with Crippen molar-refractivity contribution in [3.63, 3.8) is 0 Å². The topological polar surface area (TPSA) is 66.6 Å². The van der Waals surface area contributed by atoms with Crippen LogP contribution in [0, 0.1) is 0 Å². The summed E-state index contributed by atoms with van der Waals surface area (Å²) in [6.45, 7) is 2.30. The molecule has 2 N–H and O–H groups in total. The lowest BCUT2D eigenvalue weighted by atomic mass is 10.2. The van der Waals surface area contributed by atoms with Gasteiger partial charge in [-0.25, -0.2) is 0 Å². The van der Waals surface area contributed by atoms with Crippen molar-refractivity contribution < 1.29 is 9.59 Å². The molecule has 0 radical (unpaired) electrons. The standard InChI is InChI=1S/C13H17N3O2.ClH/c14-10-12(17)15-6-8-16(9-7-15)13(18)11-4-2-1-3-5-11;/h1-5H,6-10,14H2;1H. The number of nitrogens with two attached hydrogens (primary N) is 1. The third-order valence-corrected chi connectivity index (χ3v) is 3.11. The van der Waals surface area contributed by atoms with Crippen molar-refractivity contribution in [1.82, 2.24) is 9.80 Å². The molecule has 1 aromatic rings. The van der Waals surface area contributed by atoms with Crippen LogP contribution in [0.5, 0.6) is 0 Å². The highest BCUT2D eigenvalue weighted by atomic mass is 35.5. The summed E-state index contributed by atoms with van der Waals surface area (Å²) in [6, 6.07) is 9.19. The van der Waals surface area contributed by atoms with Gasteiger partial charge in [-0.1, -0.05) is 18.2 Å². The Morgan fingerprint density at radius 3 is 2.05 bits per heavy atom. The average molecular weight is 284 g/mol. The lowest BCUT2D eigenvalue weighted by molar-refractivity contribution is -0.131. The van der Waals surface area contributed by atoms with Crippen molar-refractivity contribution >= 4 is 24.2 Å². The van der Waals surface area contributed by atoms with E-state index < -0.39 is 0 Å². The Hall–Kier alpha value is -1.59. The molecular weight excluding hydrogens is 266 g/mol. The Balaban J connectivity index is 0.00000180. The second-order valence-corrected chi connectivity index (χ2v) is 4.24. The molecule has 0 spiro atoms. The van der Waals surface area contributed by atoms with Gasteiger partial charge in [0.25, 0.3) is 5.91 Å². The Kier molecular flexibility index (Phi) is 5.79. The largest absolute Gasteiger partial charge is 0.338 e. The summed E-state index contributed by atoms with van der Waals surface area (Å²) in [4.78, 5) is 27.0. The molecule has 1 fully saturated rings. The van der Waals surface area contributed by atoms with E-state index in [-0.39, 0.29) is 30.8 Å². The lowest BCUT2D eigenvalue weighted by Crippen LogP contribution is -2.51. The lowest BCUT2D eigenvalue weighted by Gasteiger charge is -2.34. The Bertz CT molecular complexity index is 431. The molecule has 2 rings (SSSR count). The van der Waals surface area contributed by atoms with Gasteiger partial charge >= 0.3 is 0 Å². The average Bonchev–Trinajstić information content (AvgIpc) is 2.47. The molecule has 19 heavy (non-hydrogen) atoms. The number of benzene rings is 1. The number of halogens is 1. The molecule has 5 nitrogen and oxygen atoms in total. The van der Waals surface area contributed by atoms with Crippen molar-refractivity contribution in [2.24, 2.45) is 5.73 Å². The van der Waals surface area contributed by atoms with Crippen LogP contribution in [-0.4, -0.2) is 54.3 Å². The van der Waals surface area contributed by atoms with Crippen LogP contribution in [0.1, 0.15) is 10.4 Å². The van der Waals surface area contributed by atoms with Crippen LogP contribution in [0.3, 0.4) is 0 Å². The van der Waals surface area contributed by atoms with E-state index in [1.807, 2.05) is 18.2 Å². The summed E-state index contributed by atoms with van der Waals surface area (Å²) >= 11 is 0. The van der Waals surface area contributed by atoms with Crippen LogP contribution in [0.2, 0.25) is 0 Å². The van der Waals surface area contributed by atoms with Crippen molar-refractivity contribution in [2.75, 3.05) is 32.7 Å². The third-order valence-electron chi connectivity index (χ3n) is 3.11. The van der Waals surface area contributed by atoms with Crippen molar-refractivity contribution in [3.8, 4) is 0 Å². The maximum absolute atomic E-state index is 12.1. The summed E-state index contributed by atoms with van der Waals surface area (Å²) in [5.74, 6) is -0.0303. The van der Waals surface area contributed by atoms with Crippen molar-refractivity contribution in [1.29, 1.82) is 0 Å². The summed E-state index contributed by atoms with van der Waals surface area (Å²) in [5, 5.41) is 0. The van der Waals surface area contributed by atoms with E-state index in [4.69, 9.17) is 5.73 Å². The number of hydrogen-bond acceptors (Lipinski definition) is 3. The number of carbonyl (C=O) groups is 2. The molecule has 0 saturated carbocycles. The molecule has 1 aliphatic rings. The normalized spacial score (nSPS) is 14.8. The van der Waals surface area contributed by atoms with Gasteiger partial charge in [0.15, 0.2) is 0 Å². The SMILES string of the molecule is Cl.NCC(=O)N1CCN(C(=O)c2ccccc2)CC1. The maximum atomic E-state index is 12.1. The Morgan fingerprint density at radius 1 is 1.00 bits per heavy atom. The summed E-state index contributed by atoms with van der Waals surface area (Å²) in [5.41, 5.74) is 6.01. The fourth-order valence-electron chi connectivity index (χ4n) is 2.05. The number of nitrogens with zero attached hydrogens (tertiary/aromatic N) is 2. The number of piperazine rings is 1. The minimum atomic E-state index is -0.0539. The van der Waals surface area contributed by atoms with Gasteiger partial charge in [-0.3, -0.25) is 9.59 Å². The summed E-state index contributed by atoms with van der Waals surface area (Å²) in [7, 11) is 0. The van der Waals surface area contributed by atoms with Gasteiger partial charge in [0.05, 0.1) is 6.54 Å². The number of hydrogen-bond donors (Lipinski definition) is 1. The monoisotopic (exact) mass is 283 g/mol. The van der Waals surface area contributed by atoms with Crippen molar-refractivity contribution in [3.05, 3.63) is 35.9 Å². The highest BCUT2D eigenvalue weighted by Crippen LogP contribution is 2.08. The predicted octanol–water partition coefficient (Wildman–Crippen LogP) is 0.351. The predicted molar refractivity (Wildman–Crippen MR) is 75.2 cm³/mol. The van der Waals surface area contributed by atoms with E-state index in [9.17, 15) is 9.59 Å². The van der Waals surface area contributed by atoms with Gasteiger partial charge in [0, 0.05) is 31.7 Å². The fraction of sp³-hybridized carbons (Fsp3) is 0.385. The first-order chi connectivity index (χ1) is 8.72. The molecule has 0 unspecified atom stereocenters. The van der Waals surface area contributed by atoms with Crippen molar-refractivity contribution in [2.45, 2.75) is 0 Å². The summed E-state index contributed by atoms with van der Waals surface area (Å²) in [6.07, 6.45) is 0. The fourth-order valence-corrected chi connectivity index (χ4v) is 2.05. The Morgan fingerprint density at radius 2 is 1.53 bits per heavy atom. The number of rotatable bonds is 2. The van der Waals surface area contributed by atoms with E-state index in [1.165, 1.54) is 0 Å². The number of carbonyl (C=O) groups excluding carboxylic acids is 2. The van der Waals surface area contributed by atoms with Crippen LogP contribution < -0.4 is 5.73 Å².